The van der Waals surface area contributed by atoms with Crippen molar-refractivity contribution in [1.82, 2.24) is 15.1 Å². The highest BCUT2D eigenvalue weighted by Gasteiger charge is 2.42. The average Bonchev–Trinajstić information content (AvgIpc) is 3.30. The number of likely N-dealkylation sites (N-methyl/N-ethyl adjacent to an activating group) is 1. The Kier molecular flexibility index (Phi) is 8.61. The second-order valence-electron chi connectivity index (χ2n) is 8.05. The first-order valence-electron chi connectivity index (χ1n) is 10.0. The molecule has 0 spiro atoms. The monoisotopic (exact) mass is 494 g/mol. The van der Waals surface area contributed by atoms with E-state index in [0.29, 0.717) is 25.2 Å². The highest BCUT2D eigenvalue weighted by molar-refractivity contribution is 14.0. The van der Waals surface area contributed by atoms with Gasteiger partial charge in [-0.3, -0.25) is 4.79 Å². The third-order valence-electron chi connectivity index (χ3n) is 5.87. The van der Waals surface area contributed by atoms with Crippen LogP contribution in [0.2, 0.25) is 0 Å². The minimum Gasteiger partial charge on any atom is -0.353 e. The Bertz CT molecular complexity index is 517. The summed E-state index contributed by atoms with van der Waals surface area (Å²) >= 11 is 0. The van der Waals surface area contributed by atoms with E-state index in [9.17, 15) is 4.79 Å². The largest absolute Gasteiger partial charge is 0.353 e. The number of halogens is 1. The number of nitrogens with one attached hydrogen (secondary N) is 1. The maximum atomic E-state index is 12.0. The molecule has 3 rings (SSSR count). The Morgan fingerprint density at radius 2 is 1.85 bits per heavy atom. The average molecular weight is 494 g/mol. The number of likely N-dealkylation sites (tertiary alicyclic amines) is 1. The molecule has 0 radical (unpaired) electrons. The summed E-state index contributed by atoms with van der Waals surface area (Å²) in [4.78, 5) is 20.6. The predicted molar refractivity (Wildman–Crippen MR) is 116 cm³/mol. The molecule has 1 N–H and O–H groups in total. The molecule has 1 aliphatic carbocycles. The van der Waals surface area contributed by atoms with E-state index >= 15 is 0 Å². The van der Waals surface area contributed by atoms with E-state index < -0.39 is 5.79 Å². The van der Waals surface area contributed by atoms with E-state index in [1.165, 1.54) is 25.7 Å². The van der Waals surface area contributed by atoms with Gasteiger partial charge in [0.2, 0.25) is 5.91 Å². The van der Waals surface area contributed by atoms with Crippen LogP contribution in [0.4, 0.5) is 0 Å². The van der Waals surface area contributed by atoms with Gasteiger partial charge in [0.15, 0.2) is 11.7 Å². The molecule has 0 aromatic rings. The molecule has 1 saturated carbocycles. The minimum atomic E-state index is -0.489. The summed E-state index contributed by atoms with van der Waals surface area (Å²) in [5.74, 6) is 0.729. The van der Waals surface area contributed by atoms with Gasteiger partial charge in [-0.15, -0.1) is 24.0 Å². The van der Waals surface area contributed by atoms with E-state index in [2.05, 4.69) is 22.1 Å². The number of hydrogen-bond acceptors (Lipinski definition) is 4. The van der Waals surface area contributed by atoms with Crippen molar-refractivity contribution in [2.75, 3.05) is 46.9 Å². The number of amides is 1. The maximum Gasteiger partial charge on any atom is 0.243 e. The summed E-state index contributed by atoms with van der Waals surface area (Å²) in [5.41, 5.74) is 0. The van der Waals surface area contributed by atoms with Gasteiger partial charge in [0, 0.05) is 39.1 Å². The number of rotatable bonds is 4. The van der Waals surface area contributed by atoms with Gasteiger partial charge in [-0.05, 0) is 32.6 Å². The van der Waals surface area contributed by atoms with E-state index in [1.54, 1.807) is 19.0 Å². The highest BCUT2D eigenvalue weighted by Crippen LogP contribution is 2.34. The lowest BCUT2D eigenvalue weighted by Crippen LogP contribution is -2.53. The van der Waals surface area contributed by atoms with E-state index in [-0.39, 0.29) is 36.4 Å². The number of nitrogens with zero attached hydrogens (tertiary/aromatic N) is 3. The van der Waals surface area contributed by atoms with Crippen LogP contribution in [0, 0.1) is 5.92 Å². The lowest BCUT2D eigenvalue weighted by atomic mass is 9.90. The van der Waals surface area contributed by atoms with Crippen LogP contribution >= 0.6 is 24.0 Å². The topological polar surface area (TPSA) is 66.4 Å². The fourth-order valence-corrected chi connectivity index (χ4v) is 4.14. The number of hydrogen-bond donors (Lipinski definition) is 1. The molecule has 3 aliphatic rings. The molecule has 0 bridgehead atoms. The first-order valence-corrected chi connectivity index (χ1v) is 10.0. The Morgan fingerprint density at radius 1 is 1.19 bits per heavy atom. The first-order chi connectivity index (χ1) is 12.5. The zero-order chi connectivity index (χ0) is 18.6. The van der Waals surface area contributed by atoms with Gasteiger partial charge in [-0.2, -0.15) is 0 Å². The summed E-state index contributed by atoms with van der Waals surface area (Å²) in [5, 5.41) is 3.63. The summed E-state index contributed by atoms with van der Waals surface area (Å²) in [6.45, 7) is 5.40. The highest BCUT2D eigenvalue weighted by atomic mass is 127. The minimum absolute atomic E-state index is 0. The van der Waals surface area contributed by atoms with Crippen LogP contribution in [-0.4, -0.2) is 80.4 Å². The Hall–Kier alpha value is -0.610. The normalized spacial score (nSPS) is 26.0. The number of ether oxygens (including phenoxy) is 2. The van der Waals surface area contributed by atoms with Crippen molar-refractivity contribution in [2.45, 2.75) is 57.3 Å². The van der Waals surface area contributed by atoms with Crippen molar-refractivity contribution in [3.05, 3.63) is 0 Å². The van der Waals surface area contributed by atoms with Gasteiger partial charge in [0.25, 0.3) is 0 Å². The number of aliphatic imine (C=N–C) groups is 1. The van der Waals surface area contributed by atoms with Gasteiger partial charge in [-0.25, -0.2) is 4.99 Å². The van der Waals surface area contributed by atoms with Crippen molar-refractivity contribution < 1.29 is 14.3 Å². The van der Waals surface area contributed by atoms with Crippen molar-refractivity contribution in [3.8, 4) is 0 Å². The van der Waals surface area contributed by atoms with Crippen molar-refractivity contribution in [1.29, 1.82) is 0 Å². The standard InChI is InChI=1S/C19H34N4O3.HI/c1-19(25-11-12-26-19)15-7-6-10-23(14-15)18(20-13-17(24)22(2)3)21-16-8-4-5-9-16;/h15-16H,4-14H2,1-3H3,(H,20,21);1H. The van der Waals surface area contributed by atoms with E-state index in [0.717, 1.165) is 31.9 Å². The van der Waals surface area contributed by atoms with Gasteiger partial charge >= 0.3 is 0 Å². The van der Waals surface area contributed by atoms with Gasteiger partial charge in [-0.1, -0.05) is 12.8 Å². The summed E-state index contributed by atoms with van der Waals surface area (Å²) in [6.07, 6.45) is 7.08. The van der Waals surface area contributed by atoms with Crippen LogP contribution in [0.5, 0.6) is 0 Å². The third-order valence-corrected chi connectivity index (χ3v) is 5.87. The number of piperidine rings is 1. The second kappa shape index (κ2) is 10.2. The molecule has 2 heterocycles. The molecular formula is C19H35IN4O3. The summed E-state index contributed by atoms with van der Waals surface area (Å²) in [7, 11) is 3.54. The Morgan fingerprint density at radius 3 is 2.48 bits per heavy atom. The smallest absolute Gasteiger partial charge is 0.243 e. The molecule has 1 atom stereocenters. The van der Waals surface area contributed by atoms with Gasteiger partial charge < -0.3 is 24.6 Å². The SMILES string of the molecule is CN(C)C(=O)CN=C(NC1CCCC1)N1CCCC(C2(C)OCCO2)C1.I. The molecule has 7 nitrogen and oxygen atoms in total. The van der Waals surface area contributed by atoms with Crippen LogP contribution < -0.4 is 5.32 Å². The van der Waals surface area contributed by atoms with Crippen molar-refractivity contribution >= 4 is 35.8 Å². The molecule has 1 unspecified atom stereocenters. The first kappa shape index (κ1) is 22.7. The number of carbonyl (C=O) groups is 1. The van der Waals surface area contributed by atoms with Crippen LogP contribution in [-0.2, 0) is 14.3 Å². The lowest BCUT2D eigenvalue weighted by Gasteiger charge is -2.41. The van der Waals surface area contributed by atoms with Gasteiger partial charge in [0.1, 0.15) is 6.54 Å². The number of guanidine groups is 1. The predicted octanol–water partition coefficient (Wildman–Crippen LogP) is 2.06. The van der Waals surface area contributed by atoms with Crippen LogP contribution in [0.1, 0.15) is 45.4 Å². The van der Waals surface area contributed by atoms with Crippen LogP contribution in [0.3, 0.4) is 0 Å². The zero-order valence-corrected chi connectivity index (χ0v) is 19.2. The molecule has 156 valence electrons. The molecule has 2 saturated heterocycles. The van der Waals surface area contributed by atoms with Crippen LogP contribution in [0.15, 0.2) is 4.99 Å². The molecule has 3 fully saturated rings. The zero-order valence-electron chi connectivity index (χ0n) is 16.9. The molecule has 0 aromatic heterocycles. The lowest BCUT2D eigenvalue weighted by molar-refractivity contribution is -0.189. The van der Waals surface area contributed by atoms with E-state index in [1.807, 2.05) is 0 Å². The number of carbonyl (C=O) groups excluding carboxylic acids is 1. The fourth-order valence-electron chi connectivity index (χ4n) is 4.14. The Labute approximate surface area is 180 Å². The fraction of sp³-hybridized carbons (Fsp3) is 0.895. The second-order valence-corrected chi connectivity index (χ2v) is 8.05. The quantitative estimate of drug-likeness (QED) is 0.368. The summed E-state index contributed by atoms with van der Waals surface area (Å²) in [6, 6.07) is 0.471. The van der Waals surface area contributed by atoms with Crippen LogP contribution in [0.25, 0.3) is 0 Å². The van der Waals surface area contributed by atoms with Gasteiger partial charge in [0.05, 0.1) is 13.2 Å². The van der Waals surface area contributed by atoms with Crippen molar-refractivity contribution in [3.63, 3.8) is 0 Å². The molecular weight excluding hydrogens is 459 g/mol. The molecule has 27 heavy (non-hydrogen) atoms. The molecule has 8 heteroatoms. The van der Waals surface area contributed by atoms with Crippen molar-refractivity contribution in [2.24, 2.45) is 10.9 Å². The maximum absolute atomic E-state index is 12.0. The molecule has 0 aromatic carbocycles. The summed E-state index contributed by atoms with van der Waals surface area (Å²) < 4.78 is 11.8. The van der Waals surface area contributed by atoms with E-state index in [4.69, 9.17) is 9.47 Å². The molecule has 2 aliphatic heterocycles. The Balaban J connectivity index is 0.00000261. The third kappa shape index (κ3) is 5.93. The molecule has 1 amide bonds.